The summed E-state index contributed by atoms with van der Waals surface area (Å²) in [6.07, 6.45) is 1.82. The fourth-order valence-corrected chi connectivity index (χ4v) is 2.74. The molecule has 1 aliphatic carbocycles. The molecule has 0 heterocycles. The Labute approximate surface area is 140 Å². The van der Waals surface area contributed by atoms with Crippen molar-refractivity contribution in [1.82, 2.24) is 10.6 Å². The van der Waals surface area contributed by atoms with Gasteiger partial charge in [0.2, 0.25) is 5.91 Å². The van der Waals surface area contributed by atoms with Crippen molar-refractivity contribution in [3.05, 3.63) is 35.9 Å². The maximum atomic E-state index is 12.4. The van der Waals surface area contributed by atoms with Gasteiger partial charge in [0.15, 0.2) is 0 Å². The molecule has 3 N–H and O–H groups in total. The Balaban J connectivity index is 1.95. The number of carboxylic acid groups (broad SMARTS) is 1. The number of hydrogen-bond acceptors (Lipinski definition) is 4. The molecule has 1 fully saturated rings. The van der Waals surface area contributed by atoms with E-state index in [0.717, 1.165) is 18.4 Å². The van der Waals surface area contributed by atoms with Crippen molar-refractivity contribution in [2.45, 2.75) is 50.8 Å². The van der Waals surface area contributed by atoms with E-state index < -0.39 is 29.6 Å². The molecule has 0 aromatic heterocycles. The molecule has 0 radical (unpaired) electrons. The van der Waals surface area contributed by atoms with Gasteiger partial charge in [-0.3, -0.25) is 9.59 Å². The molecule has 7 nitrogen and oxygen atoms in total. The van der Waals surface area contributed by atoms with Crippen LogP contribution in [0.15, 0.2) is 30.3 Å². The molecule has 2 rings (SSSR count). The number of alkyl carbamates (subject to hydrolysis) is 1. The fraction of sp³-hybridized carbons (Fsp3) is 0.471. The van der Waals surface area contributed by atoms with Crippen LogP contribution in [0, 0.1) is 0 Å². The standard InChI is InChI=1S/C17H22N2O5/c1-12(14(20)21)18-15(22)17(9-5-6-10-17)19-16(23)24-11-13-7-3-2-4-8-13/h2-4,7-8,12H,5-6,9-11H2,1H3,(H,18,22)(H,19,23)(H,20,21)/t12-/m0/s1. The van der Waals surface area contributed by atoms with Crippen LogP contribution in [0.2, 0.25) is 0 Å². The molecule has 1 aromatic rings. The number of ether oxygens (including phenoxy) is 1. The monoisotopic (exact) mass is 334 g/mol. The first-order valence-electron chi connectivity index (χ1n) is 7.95. The first kappa shape index (κ1) is 17.8. The molecule has 7 heteroatoms. The van der Waals surface area contributed by atoms with Crippen molar-refractivity contribution in [3.8, 4) is 0 Å². The quantitative estimate of drug-likeness (QED) is 0.736. The van der Waals surface area contributed by atoms with Crippen molar-refractivity contribution < 1.29 is 24.2 Å². The first-order valence-corrected chi connectivity index (χ1v) is 7.95. The maximum Gasteiger partial charge on any atom is 0.408 e. The van der Waals surface area contributed by atoms with Crippen LogP contribution in [-0.4, -0.2) is 34.7 Å². The highest BCUT2D eigenvalue weighted by molar-refractivity contribution is 5.92. The van der Waals surface area contributed by atoms with Crippen LogP contribution in [-0.2, 0) is 20.9 Å². The van der Waals surface area contributed by atoms with Crippen molar-refractivity contribution in [3.63, 3.8) is 0 Å². The van der Waals surface area contributed by atoms with Crippen LogP contribution in [0.3, 0.4) is 0 Å². The summed E-state index contributed by atoms with van der Waals surface area (Å²) in [4.78, 5) is 35.4. The lowest BCUT2D eigenvalue weighted by atomic mass is 9.96. The zero-order valence-electron chi connectivity index (χ0n) is 13.6. The van der Waals surface area contributed by atoms with Gasteiger partial charge in [0.05, 0.1) is 0 Å². The van der Waals surface area contributed by atoms with Crippen LogP contribution in [0.25, 0.3) is 0 Å². The molecule has 130 valence electrons. The number of nitrogens with one attached hydrogen (secondary N) is 2. The molecule has 2 amide bonds. The van der Waals surface area contributed by atoms with Crippen LogP contribution in [0.5, 0.6) is 0 Å². The summed E-state index contributed by atoms with van der Waals surface area (Å²) in [6, 6.07) is 8.20. The molecule has 24 heavy (non-hydrogen) atoms. The summed E-state index contributed by atoms with van der Waals surface area (Å²) in [5, 5.41) is 14.0. The Morgan fingerprint density at radius 1 is 1.21 bits per heavy atom. The minimum absolute atomic E-state index is 0.107. The normalized spacial score (nSPS) is 16.9. The van der Waals surface area contributed by atoms with Crippen molar-refractivity contribution in [1.29, 1.82) is 0 Å². The molecule has 0 saturated heterocycles. The van der Waals surface area contributed by atoms with Crippen molar-refractivity contribution in [2.24, 2.45) is 0 Å². The van der Waals surface area contributed by atoms with Crippen LogP contribution in [0.1, 0.15) is 38.2 Å². The number of rotatable bonds is 6. The topological polar surface area (TPSA) is 105 Å². The van der Waals surface area contributed by atoms with E-state index in [2.05, 4.69) is 10.6 Å². The van der Waals surface area contributed by atoms with Gasteiger partial charge in [-0.2, -0.15) is 0 Å². The lowest BCUT2D eigenvalue weighted by molar-refractivity contribution is -0.142. The average Bonchev–Trinajstić information content (AvgIpc) is 3.03. The molecule has 1 saturated carbocycles. The smallest absolute Gasteiger partial charge is 0.408 e. The molecule has 0 unspecified atom stereocenters. The van der Waals surface area contributed by atoms with E-state index in [9.17, 15) is 14.4 Å². The van der Waals surface area contributed by atoms with Gasteiger partial charge in [-0.05, 0) is 25.3 Å². The minimum Gasteiger partial charge on any atom is -0.480 e. The van der Waals surface area contributed by atoms with Gasteiger partial charge in [-0.15, -0.1) is 0 Å². The summed E-state index contributed by atoms with van der Waals surface area (Å²) >= 11 is 0. The second-order valence-corrected chi connectivity index (χ2v) is 6.01. The van der Waals surface area contributed by atoms with E-state index in [4.69, 9.17) is 9.84 Å². The van der Waals surface area contributed by atoms with E-state index >= 15 is 0 Å². The van der Waals surface area contributed by atoms with Crippen molar-refractivity contribution >= 4 is 18.0 Å². The predicted octanol–water partition coefficient (Wildman–Crippen LogP) is 1.81. The molecule has 1 aliphatic rings. The molecule has 0 aliphatic heterocycles. The number of benzene rings is 1. The maximum absolute atomic E-state index is 12.4. The number of carboxylic acids is 1. The largest absolute Gasteiger partial charge is 0.480 e. The SMILES string of the molecule is C[C@H](NC(=O)C1(NC(=O)OCc2ccccc2)CCCC1)C(=O)O. The van der Waals surface area contributed by atoms with Gasteiger partial charge in [-0.25, -0.2) is 4.79 Å². The van der Waals surface area contributed by atoms with Gasteiger partial charge >= 0.3 is 12.1 Å². The number of hydrogen-bond donors (Lipinski definition) is 3. The molecule has 0 bridgehead atoms. The lowest BCUT2D eigenvalue weighted by Crippen LogP contribution is -2.59. The summed E-state index contributed by atoms with van der Waals surface area (Å²) in [7, 11) is 0. The Morgan fingerprint density at radius 3 is 2.42 bits per heavy atom. The van der Waals surface area contributed by atoms with E-state index in [0.29, 0.717) is 12.8 Å². The third-order valence-corrected chi connectivity index (χ3v) is 4.16. The number of aliphatic carboxylic acids is 1. The Hall–Kier alpha value is -2.57. The first-order chi connectivity index (χ1) is 11.4. The van der Waals surface area contributed by atoms with Gasteiger partial charge in [0, 0.05) is 0 Å². The summed E-state index contributed by atoms with van der Waals surface area (Å²) in [5.74, 6) is -1.60. The number of amides is 2. The number of carbonyl (C=O) groups is 3. The predicted molar refractivity (Wildman–Crippen MR) is 86.2 cm³/mol. The molecule has 1 aromatic carbocycles. The second-order valence-electron chi connectivity index (χ2n) is 6.01. The van der Waals surface area contributed by atoms with Crippen molar-refractivity contribution in [2.75, 3.05) is 0 Å². The van der Waals surface area contributed by atoms with E-state index in [1.165, 1.54) is 6.92 Å². The van der Waals surface area contributed by atoms with Gasteiger partial charge in [0.1, 0.15) is 18.2 Å². The zero-order chi connectivity index (χ0) is 17.6. The molecular formula is C17H22N2O5. The van der Waals surface area contributed by atoms with Gasteiger partial charge in [-0.1, -0.05) is 43.2 Å². The highest BCUT2D eigenvalue weighted by Crippen LogP contribution is 2.30. The minimum atomic E-state index is -1.12. The molecule has 0 spiro atoms. The van der Waals surface area contributed by atoms with Gasteiger partial charge in [0.25, 0.3) is 0 Å². The Kier molecular flexibility index (Phi) is 5.78. The summed E-state index contributed by atoms with van der Waals surface area (Å²) < 4.78 is 5.17. The highest BCUT2D eigenvalue weighted by atomic mass is 16.5. The fourth-order valence-electron chi connectivity index (χ4n) is 2.74. The van der Waals surface area contributed by atoms with Crippen LogP contribution >= 0.6 is 0 Å². The highest BCUT2D eigenvalue weighted by Gasteiger charge is 2.43. The summed E-state index contributed by atoms with van der Waals surface area (Å²) in [5.41, 5.74) is -0.255. The number of carbonyl (C=O) groups excluding carboxylic acids is 2. The van der Waals surface area contributed by atoms with Gasteiger partial charge < -0.3 is 20.5 Å². The molecule has 1 atom stereocenters. The third-order valence-electron chi connectivity index (χ3n) is 4.16. The van der Waals surface area contributed by atoms with Crippen LogP contribution < -0.4 is 10.6 Å². The average molecular weight is 334 g/mol. The Morgan fingerprint density at radius 2 is 1.83 bits per heavy atom. The second kappa shape index (κ2) is 7.81. The lowest BCUT2D eigenvalue weighted by Gasteiger charge is -2.29. The third kappa shape index (κ3) is 4.47. The zero-order valence-corrected chi connectivity index (χ0v) is 13.6. The van der Waals surface area contributed by atoms with E-state index in [1.807, 2.05) is 30.3 Å². The molecular weight excluding hydrogens is 312 g/mol. The van der Waals surface area contributed by atoms with E-state index in [1.54, 1.807) is 0 Å². The summed E-state index contributed by atoms with van der Waals surface area (Å²) in [6.45, 7) is 1.49. The van der Waals surface area contributed by atoms with E-state index in [-0.39, 0.29) is 6.61 Å². The van der Waals surface area contributed by atoms with Crippen LogP contribution in [0.4, 0.5) is 4.79 Å². The Bertz CT molecular complexity index is 596.